The van der Waals surface area contributed by atoms with Gasteiger partial charge < -0.3 is 19.6 Å². The Morgan fingerprint density at radius 2 is 1.15 bits per heavy atom. The molecule has 0 bridgehead atoms. The Morgan fingerprint density at radius 1 is 0.667 bits per heavy atom. The van der Waals surface area contributed by atoms with E-state index >= 15 is 0 Å². The van der Waals surface area contributed by atoms with Crippen LogP contribution in [0.2, 0.25) is 0 Å². The normalized spacial score (nSPS) is 25.1. The highest BCUT2D eigenvalue weighted by Crippen LogP contribution is 2.39. The number of rotatable bonds is 2. The van der Waals surface area contributed by atoms with Gasteiger partial charge in [0.2, 0.25) is 0 Å². The maximum Gasteiger partial charge on any atom is 0.107 e. The summed E-state index contributed by atoms with van der Waals surface area (Å²) in [6, 6.07) is 6.61. The molecule has 0 N–H and O–H groups in total. The highest BCUT2D eigenvalue weighted by atomic mass is 15.4. The van der Waals surface area contributed by atoms with Crippen LogP contribution in [0.4, 0.5) is 11.4 Å². The van der Waals surface area contributed by atoms with Crippen LogP contribution in [0.1, 0.15) is 19.4 Å². The minimum atomic E-state index is 0.265. The molecule has 2 atom stereocenters. The zero-order chi connectivity index (χ0) is 18.5. The maximum atomic E-state index is 2.37. The molecule has 4 aliphatic rings. The molecule has 0 fully saturated rings. The van der Waals surface area contributed by atoms with Gasteiger partial charge >= 0.3 is 0 Å². The van der Waals surface area contributed by atoms with Gasteiger partial charge in [-0.05, 0) is 62.8 Å². The standard InChI is InChI=1S/C23H24N4/c1-17-22(26-15-20-9-4-6-13-24(20)18(26)2)11-8-12-23(17)27-16-21-10-5-7-14-25(21)19(27)3/h4-16,18-19H,1-3H3/t18-,19+. The molecule has 4 nitrogen and oxygen atoms in total. The van der Waals surface area contributed by atoms with Crippen molar-refractivity contribution in [2.75, 3.05) is 9.80 Å². The fourth-order valence-corrected chi connectivity index (χ4v) is 4.32. The van der Waals surface area contributed by atoms with Crippen molar-refractivity contribution in [1.29, 1.82) is 0 Å². The minimum Gasteiger partial charge on any atom is -0.326 e. The number of fused-ring (bicyclic) bond motifs is 2. The molecule has 0 radical (unpaired) electrons. The third-order valence-electron chi connectivity index (χ3n) is 5.83. The summed E-state index contributed by atoms with van der Waals surface area (Å²) in [5.41, 5.74) is 6.28. The van der Waals surface area contributed by atoms with Crippen LogP contribution >= 0.6 is 0 Å². The molecule has 4 aliphatic heterocycles. The first-order valence-corrected chi connectivity index (χ1v) is 9.51. The van der Waals surface area contributed by atoms with E-state index in [2.05, 4.69) is 120 Å². The molecule has 0 saturated heterocycles. The molecular weight excluding hydrogens is 332 g/mol. The van der Waals surface area contributed by atoms with Gasteiger partial charge in [-0.1, -0.05) is 18.2 Å². The lowest BCUT2D eigenvalue weighted by Gasteiger charge is -2.33. The summed E-state index contributed by atoms with van der Waals surface area (Å²) in [5, 5.41) is 0. The topological polar surface area (TPSA) is 13.0 Å². The molecular formula is C23H24N4. The minimum absolute atomic E-state index is 0.265. The van der Waals surface area contributed by atoms with Crippen molar-refractivity contribution >= 4 is 11.4 Å². The van der Waals surface area contributed by atoms with Crippen LogP contribution in [0, 0.1) is 6.92 Å². The summed E-state index contributed by atoms with van der Waals surface area (Å²) >= 11 is 0. The highest BCUT2D eigenvalue weighted by Gasteiger charge is 2.32. The molecule has 27 heavy (non-hydrogen) atoms. The Morgan fingerprint density at radius 3 is 1.59 bits per heavy atom. The molecule has 0 unspecified atom stereocenters. The van der Waals surface area contributed by atoms with E-state index in [0.29, 0.717) is 0 Å². The maximum absolute atomic E-state index is 2.37. The Labute approximate surface area is 161 Å². The van der Waals surface area contributed by atoms with E-state index < -0.39 is 0 Å². The summed E-state index contributed by atoms with van der Waals surface area (Å²) in [4.78, 5) is 9.36. The third kappa shape index (κ3) is 2.36. The second-order valence-electron chi connectivity index (χ2n) is 7.32. The molecule has 0 spiro atoms. The molecule has 0 saturated carbocycles. The summed E-state index contributed by atoms with van der Waals surface area (Å²) < 4.78 is 0. The van der Waals surface area contributed by atoms with Gasteiger partial charge in [-0.2, -0.15) is 0 Å². The molecule has 0 aromatic heterocycles. The highest BCUT2D eigenvalue weighted by molar-refractivity contribution is 5.71. The van der Waals surface area contributed by atoms with Crippen molar-refractivity contribution in [2.45, 2.75) is 33.1 Å². The van der Waals surface area contributed by atoms with Crippen molar-refractivity contribution in [2.24, 2.45) is 0 Å². The van der Waals surface area contributed by atoms with Gasteiger partial charge in [-0.15, -0.1) is 0 Å². The van der Waals surface area contributed by atoms with Crippen molar-refractivity contribution in [3.05, 3.63) is 96.4 Å². The van der Waals surface area contributed by atoms with E-state index in [1.807, 2.05) is 0 Å². The molecule has 136 valence electrons. The lowest BCUT2D eigenvalue weighted by molar-refractivity contribution is 0.401. The van der Waals surface area contributed by atoms with Gasteiger partial charge in [0.05, 0.1) is 11.4 Å². The molecule has 5 rings (SSSR count). The fraction of sp³-hybridized carbons (Fsp3) is 0.217. The smallest absolute Gasteiger partial charge is 0.107 e. The number of nitrogens with zero attached hydrogens (tertiary/aromatic N) is 4. The summed E-state index contributed by atoms with van der Waals surface area (Å²) in [5.74, 6) is 0. The van der Waals surface area contributed by atoms with E-state index in [4.69, 9.17) is 0 Å². The zero-order valence-corrected chi connectivity index (χ0v) is 15.9. The summed E-state index contributed by atoms with van der Waals surface area (Å²) in [6.07, 6.45) is 22.0. The van der Waals surface area contributed by atoms with Gasteiger partial charge in [0, 0.05) is 36.2 Å². The fourth-order valence-electron chi connectivity index (χ4n) is 4.32. The van der Waals surface area contributed by atoms with E-state index in [1.54, 1.807) is 0 Å². The molecule has 4 heteroatoms. The third-order valence-corrected chi connectivity index (χ3v) is 5.83. The van der Waals surface area contributed by atoms with Crippen LogP contribution < -0.4 is 9.80 Å². The number of hydrogen-bond donors (Lipinski definition) is 0. The molecule has 0 aliphatic carbocycles. The van der Waals surface area contributed by atoms with Crippen molar-refractivity contribution in [3.8, 4) is 0 Å². The number of anilines is 2. The molecule has 4 heterocycles. The van der Waals surface area contributed by atoms with Crippen LogP contribution in [0.5, 0.6) is 0 Å². The van der Waals surface area contributed by atoms with Crippen LogP contribution in [-0.2, 0) is 0 Å². The Bertz CT molecular complexity index is 888. The quantitative estimate of drug-likeness (QED) is 0.756. The van der Waals surface area contributed by atoms with Crippen LogP contribution in [0.3, 0.4) is 0 Å². The van der Waals surface area contributed by atoms with Gasteiger partial charge in [-0.25, -0.2) is 0 Å². The Balaban J connectivity index is 1.53. The second-order valence-corrected chi connectivity index (χ2v) is 7.32. The first-order valence-electron chi connectivity index (χ1n) is 9.51. The predicted octanol–water partition coefficient (Wildman–Crippen LogP) is 4.78. The van der Waals surface area contributed by atoms with Gasteiger partial charge in [-0.3, -0.25) is 0 Å². The van der Waals surface area contributed by atoms with Crippen LogP contribution in [-0.4, -0.2) is 22.1 Å². The van der Waals surface area contributed by atoms with Crippen molar-refractivity contribution < 1.29 is 0 Å². The number of benzene rings is 1. The zero-order valence-electron chi connectivity index (χ0n) is 15.9. The van der Waals surface area contributed by atoms with E-state index in [-0.39, 0.29) is 12.3 Å². The van der Waals surface area contributed by atoms with E-state index in [1.165, 1.54) is 28.3 Å². The van der Waals surface area contributed by atoms with Gasteiger partial charge in [0.1, 0.15) is 12.3 Å². The molecule has 1 aromatic rings. The molecule has 0 amide bonds. The predicted molar refractivity (Wildman–Crippen MR) is 111 cm³/mol. The van der Waals surface area contributed by atoms with Crippen molar-refractivity contribution in [3.63, 3.8) is 0 Å². The first kappa shape index (κ1) is 16.1. The number of allylic oxidation sites excluding steroid dienone is 6. The average Bonchev–Trinajstić information content (AvgIpc) is 3.20. The van der Waals surface area contributed by atoms with Gasteiger partial charge in [0.25, 0.3) is 0 Å². The summed E-state index contributed by atoms with van der Waals surface area (Å²) in [6.45, 7) is 6.72. The van der Waals surface area contributed by atoms with E-state index in [0.717, 1.165) is 0 Å². The van der Waals surface area contributed by atoms with Crippen LogP contribution in [0.15, 0.2) is 90.8 Å². The van der Waals surface area contributed by atoms with Crippen LogP contribution in [0.25, 0.3) is 0 Å². The average molecular weight is 356 g/mol. The number of hydrogen-bond acceptors (Lipinski definition) is 4. The lowest BCUT2D eigenvalue weighted by atomic mass is 10.1. The SMILES string of the molecule is Cc1c(N2C=C3C=CC=CN3[C@H]2C)cccc1N1C=C2C=CC=CN2[C@@H]1C. The monoisotopic (exact) mass is 356 g/mol. The van der Waals surface area contributed by atoms with Crippen molar-refractivity contribution in [1.82, 2.24) is 9.80 Å². The first-order chi connectivity index (χ1) is 13.1. The lowest BCUT2D eigenvalue weighted by Crippen LogP contribution is -2.36. The van der Waals surface area contributed by atoms with Gasteiger partial charge in [0.15, 0.2) is 0 Å². The molecule has 1 aromatic carbocycles. The Kier molecular flexibility index (Phi) is 3.54. The Hall–Kier alpha value is -3.14. The largest absolute Gasteiger partial charge is 0.326 e. The summed E-state index contributed by atoms with van der Waals surface area (Å²) in [7, 11) is 0. The van der Waals surface area contributed by atoms with E-state index in [9.17, 15) is 0 Å². The second kappa shape index (κ2) is 5.95.